The van der Waals surface area contributed by atoms with Crippen molar-refractivity contribution in [3.63, 3.8) is 0 Å². The van der Waals surface area contributed by atoms with E-state index in [9.17, 15) is 4.79 Å². The highest BCUT2D eigenvalue weighted by Gasteiger charge is 2.23. The van der Waals surface area contributed by atoms with Crippen molar-refractivity contribution >= 4 is 11.6 Å². The van der Waals surface area contributed by atoms with Crippen molar-refractivity contribution in [1.82, 2.24) is 0 Å². The third kappa shape index (κ3) is 2.38. The fourth-order valence-corrected chi connectivity index (χ4v) is 1.63. The Morgan fingerprint density at radius 2 is 2.38 bits per heavy atom. The summed E-state index contributed by atoms with van der Waals surface area (Å²) in [7, 11) is 0. The first-order valence-electron chi connectivity index (χ1n) is 5.18. The zero-order valence-electron chi connectivity index (χ0n) is 8.89. The molecule has 16 heavy (non-hydrogen) atoms. The number of rotatable bonds is 4. The molecule has 0 bridgehead atoms. The second kappa shape index (κ2) is 5.07. The van der Waals surface area contributed by atoms with E-state index in [-0.39, 0.29) is 5.91 Å². The van der Waals surface area contributed by atoms with Crippen molar-refractivity contribution in [2.45, 2.75) is 12.8 Å². The molecule has 2 rings (SSSR count). The van der Waals surface area contributed by atoms with E-state index in [0.717, 1.165) is 11.3 Å². The molecule has 0 aliphatic carbocycles. The zero-order valence-corrected chi connectivity index (χ0v) is 8.89. The second-order valence-corrected chi connectivity index (χ2v) is 3.56. The Morgan fingerprint density at radius 1 is 1.50 bits per heavy atom. The van der Waals surface area contributed by atoms with Crippen LogP contribution in [0.5, 0.6) is 0 Å². The predicted octanol–water partition coefficient (Wildman–Crippen LogP) is 0.788. The van der Waals surface area contributed by atoms with Gasteiger partial charge in [0.25, 0.3) is 5.91 Å². The van der Waals surface area contributed by atoms with Crippen LogP contribution in [-0.2, 0) is 20.9 Å². The first kappa shape index (κ1) is 11.1. The largest absolute Gasteiger partial charge is 0.304 e. The standard InChI is InChI=1S/C11H14N2O3/c12-15-6-4-9-2-1-3-10(8-9)13-11(14)5-7-16-13/h1-3,8H,4-7,12H2. The molecule has 86 valence electrons. The number of hydrogen-bond donors (Lipinski definition) is 1. The van der Waals surface area contributed by atoms with Crippen LogP contribution in [0.15, 0.2) is 24.3 Å². The van der Waals surface area contributed by atoms with Gasteiger partial charge in [0.15, 0.2) is 0 Å². The molecule has 1 fully saturated rings. The van der Waals surface area contributed by atoms with Gasteiger partial charge in [0, 0.05) is 0 Å². The lowest BCUT2D eigenvalue weighted by atomic mass is 10.1. The molecule has 0 unspecified atom stereocenters. The maximum absolute atomic E-state index is 11.5. The summed E-state index contributed by atoms with van der Waals surface area (Å²) in [4.78, 5) is 21.2. The van der Waals surface area contributed by atoms with Crippen LogP contribution in [0.4, 0.5) is 5.69 Å². The van der Waals surface area contributed by atoms with E-state index in [4.69, 9.17) is 10.7 Å². The summed E-state index contributed by atoms with van der Waals surface area (Å²) in [6, 6.07) is 7.59. The Balaban J connectivity index is 2.12. The summed E-state index contributed by atoms with van der Waals surface area (Å²) < 4.78 is 0. The molecule has 0 aromatic heterocycles. The number of benzene rings is 1. The molecule has 1 aliphatic heterocycles. The maximum atomic E-state index is 11.5. The van der Waals surface area contributed by atoms with Crippen molar-refractivity contribution in [3.8, 4) is 0 Å². The molecule has 1 heterocycles. The molecule has 5 nitrogen and oxygen atoms in total. The van der Waals surface area contributed by atoms with Gasteiger partial charge in [-0.15, -0.1) is 0 Å². The lowest BCUT2D eigenvalue weighted by Gasteiger charge is -2.14. The zero-order chi connectivity index (χ0) is 11.4. The van der Waals surface area contributed by atoms with Gasteiger partial charge < -0.3 is 4.84 Å². The highest BCUT2D eigenvalue weighted by molar-refractivity contribution is 5.92. The predicted molar refractivity (Wildman–Crippen MR) is 58.3 cm³/mol. The first-order chi connectivity index (χ1) is 7.81. The minimum atomic E-state index is -0.00720. The Labute approximate surface area is 93.6 Å². The maximum Gasteiger partial charge on any atom is 0.253 e. The van der Waals surface area contributed by atoms with E-state index in [0.29, 0.717) is 26.1 Å². The van der Waals surface area contributed by atoms with Crippen LogP contribution in [-0.4, -0.2) is 19.1 Å². The van der Waals surface area contributed by atoms with Crippen molar-refractivity contribution in [1.29, 1.82) is 0 Å². The average molecular weight is 222 g/mol. The van der Waals surface area contributed by atoms with E-state index in [2.05, 4.69) is 4.84 Å². The van der Waals surface area contributed by atoms with E-state index >= 15 is 0 Å². The average Bonchev–Trinajstić information content (AvgIpc) is 2.73. The normalized spacial score (nSPS) is 15.8. The monoisotopic (exact) mass is 222 g/mol. The Morgan fingerprint density at radius 3 is 3.06 bits per heavy atom. The number of nitrogens with two attached hydrogens (primary N) is 1. The van der Waals surface area contributed by atoms with E-state index in [1.165, 1.54) is 5.06 Å². The molecule has 1 amide bonds. The van der Waals surface area contributed by atoms with Gasteiger partial charge in [-0.1, -0.05) is 12.1 Å². The number of hydrogen-bond acceptors (Lipinski definition) is 4. The van der Waals surface area contributed by atoms with Crippen LogP contribution in [0.1, 0.15) is 12.0 Å². The highest BCUT2D eigenvalue weighted by Crippen LogP contribution is 2.21. The Hall–Kier alpha value is -1.43. The minimum absolute atomic E-state index is 0.00720. The van der Waals surface area contributed by atoms with Gasteiger partial charge >= 0.3 is 0 Å². The summed E-state index contributed by atoms with van der Waals surface area (Å²) in [5.74, 6) is 4.96. The van der Waals surface area contributed by atoms with Gasteiger partial charge in [0.2, 0.25) is 0 Å². The van der Waals surface area contributed by atoms with Gasteiger partial charge in [-0.2, -0.15) is 5.06 Å². The smallest absolute Gasteiger partial charge is 0.253 e. The van der Waals surface area contributed by atoms with Gasteiger partial charge in [-0.3, -0.25) is 9.63 Å². The molecule has 1 aliphatic rings. The molecule has 0 radical (unpaired) electrons. The number of anilines is 1. The molecule has 0 spiro atoms. The van der Waals surface area contributed by atoms with E-state index in [1.807, 2.05) is 24.3 Å². The SMILES string of the molecule is NOCCc1cccc(N2OCCC2=O)c1. The summed E-state index contributed by atoms with van der Waals surface area (Å²) >= 11 is 0. The Kier molecular flexibility index (Phi) is 3.51. The number of amides is 1. The molecular formula is C11H14N2O3. The molecular weight excluding hydrogens is 208 g/mol. The first-order valence-corrected chi connectivity index (χ1v) is 5.18. The van der Waals surface area contributed by atoms with E-state index in [1.54, 1.807) is 0 Å². The van der Waals surface area contributed by atoms with Gasteiger partial charge in [0.05, 0.1) is 25.3 Å². The lowest BCUT2D eigenvalue weighted by Crippen LogP contribution is -2.22. The highest BCUT2D eigenvalue weighted by atomic mass is 16.7. The summed E-state index contributed by atoms with van der Waals surface area (Å²) in [5.41, 5.74) is 1.82. The third-order valence-electron chi connectivity index (χ3n) is 2.42. The minimum Gasteiger partial charge on any atom is -0.304 e. The fraction of sp³-hybridized carbons (Fsp3) is 0.364. The van der Waals surface area contributed by atoms with Crippen LogP contribution in [0.2, 0.25) is 0 Å². The lowest BCUT2D eigenvalue weighted by molar-refractivity contribution is -0.119. The summed E-state index contributed by atoms with van der Waals surface area (Å²) in [6.07, 6.45) is 1.16. The topological polar surface area (TPSA) is 64.8 Å². The molecule has 1 aromatic carbocycles. The van der Waals surface area contributed by atoms with Gasteiger partial charge in [0.1, 0.15) is 0 Å². The van der Waals surface area contributed by atoms with Crippen molar-refractivity contribution in [2.75, 3.05) is 18.3 Å². The van der Waals surface area contributed by atoms with Crippen molar-refractivity contribution < 1.29 is 14.5 Å². The van der Waals surface area contributed by atoms with Crippen LogP contribution in [0.3, 0.4) is 0 Å². The van der Waals surface area contributed by atoms with Crippen molar-refractivity contribution in [2.24, 2.45) is 5.90 Å². The van der Waals surface area contributed by atoms with Crippen LogP contribution in [0, 0.1) is 0 Å². The number of nitrogens with zero attached hydrogens (tertiary/aromatic N) is 1. The molecule has 0 atom stereocenters. The summed E-state index contributed by atoms with van der Waals surface area (Å²) in [5, 5.41) is 1.34. The van der Waals surface area contributed by atoms with Gasteiger partial charge in [-0.05, 0) is 24.1 Å². The second-order valence-electron chi connectivity index (χ2n) is 3.56. The van der Waals surface area contributed by atoms with Crippen LogP contribution < -0.4 is 11.0 Å². The molecule has 1 aromatic rings. The van der Waals surface area contributed by atoms with Crippen LogP contribution in [0.25, 0.3) is 0 Å². The molecule has 5 heteroatoms. The van der Waals surface area contributed by atoms with Crippen LogP contribution >= 0.6 is 0 Å². The van der Waals surface area contributed by atoms with E-state index < -0.39 is 0 Å². The number of carbonyl (C=O) groups excluding carboxylic acids is 1. The number of hydroxylamine groups is 1. The fourth-order valence-electron chi connectivity index (χ4n) is 1.63. The third-order valence-corrected chi connectivity index (χ3v) is 2.42. The van der Waals surface area contributed by atoms with Crippen molar-refractivity contribution in [3.05, 3.63) is 29.8 Å². The molecule has 1 saturated heterocycles. The number of carbonyl (C=O) groups is 1. The molecule has 0 saturated carbocycles. The summed E-state index contributed by atoms with van der Waals surface area (Å²) in [6.45, 7) is 0.910. The molecule has 2 N–H and O–H groups in total. The van der Waals surface area contributed by atoms with Gasteiger partial charge in [-0.25, -0.2) is 5.90 Å². The quantitative estimate of drug-likeness (QED) is 0.765. The Bertz CT molecular complexity index is 381.